The van der Waals surface area contributed by atoms with Crippen molar-refractivity contribution in [2.24, 2.45) is 0 Å². The summed E-state index contributed by atoms with van der Waals surface area (Å²) in [4.78, 5) is 16.4. The Morgan fingerprint density at radius 1 is 1.17 bits per heavy atom. The monoisotopic (exact) mass is 384 g/mol. The van der Waals surface area contributed by atoms with Crippen LogP contribution in [0.15, 0.2) is 65.7 Å². The zero-order valence-electron chi connectivity index (χ0n) is 13.2. The largest absolute Gasteiger partial charge is 0.345 e. The van der Waals surface area contributed by atoms with Crippen LogP contribution in [0.4, 0.5) is 0 Å². The number of rotatable bonds is 5. The predicted octanol–water partition coefficient (Wildman–Crippen LogP) is 3.91. The van der Waals surface area contributed by atoms with E-state index in [1.807, 2.05) is 36.4 Å². The number of nitrogens with one attached hydrogen (secondary N) is 1. The van der Waals surface area contributed by atoms with Crippen molar-refractivity contribution in [3.63, 3.8) is 0 Å². The van der Waals surface area contributed by atoms with Gasteiger partial charge in [0, 0.05) is 10.0 Å². The number of benzene rings is 2. The molecular weight excluding hydrogens is 368 g/mol. The molecule has 0 aliphatic heterocycles. The minimum atomic E-state index is -0.0880. The minimum Gasteiger partial charge on any atom is -0.345 e. The first-order chi connectivity index (χ1) is 11.7. The van der Waals surface area contributed by atoms with Gasteiger partial charge in [0.25, 0.3) is 5.91 Å². The lowest BCUT2D eigenvalue weighted by atomic mass is 10.0. The molecule has 0 spiro atoms. The van der Waals surface area contributed by atoms with Crippen LogP contribution in [0.2, 0.25) is 0 Å². The number of hydrogen-bond donors (Lipinski definition) is 1. The van der Waals surface area contributed by atoms with Crippen LogP contribution in [0.5, 0.6) is 0 Å². The van der Waals surface area contributed by atoms with Crippen molar-refractivity contribution in [2.75, 3.05) is 0 Å². The molecule has 0 bridgehead atoms. The third-order valence-corrected chi connectivity index (χ3v) is 4.33. The number of carbonyl (C=O) groups excluding carboxylic acids is 1. The molecule has 3 aromatic rings. The van der Waals surface area contributed by atoms with Crippen molar-refractivity contribution in [3.05, 3.63) is 76.8 Å². The number of aromatic nitrogens is 3. The third kappa shape index (κ3) is 3.71. The summed E-state index contributed by atoms with van der Waals surface area (Å²) in [5, 5.41) is 7.15. The first kappa shape index (κ1) is 16.4. The Bertz CT molecular complexity index is 798. The molecule has 1 aromatic heterocycles. The predicted molar refractivity (Wildman–Crippen MR) is 96.0 cm³/mol. The molecule has 3 rings (SSSR count). The molecule has 0 fully saturated rings. The Morgan fingerprint density at radius 3 is 2.46 bits per heavy atom. The molecule has 1 heterocycles. The van der Waals surface area contributed by atoms with Crippen LogP contribution in [0.1, 0.15) is 35.3 Å². The van der Waals surface area contributed by atoms with E-state index in [9.17, 15) is 4.79 Å². The fraction of sp³-hybridized carbons (Fsp3) is 0.167. The molecule has 2 aromatic carbocycles. The molecule has 1 N–H and O–H groups in total. The Labute approximate surface area is 148 Å². The van der Waals surface area contributed by atoms with Crippen LogP contribution in [0.3, 0.4) is 0 Å². The Balaban J connectivity index is 1.72. The number of carbonyl (C=O) groups is 1. The second-order valence-electron chi connectivity index (χ2n) is 5.37. The number of hydrogen-bond acceptors (Lipinski definition) is 3. The normalized spacial score (nSPS) is 11.9. The maximum absolute atomic E-state index is 12.5. The molecule has 0 saturated heterocycles. The van der Waals surface area contributed by atoms with Gasteiger partial charge in [-0.05, 0) is 48.4 Å². The number of nitrogens with zero attached hydrogens (tertiary/aromatic N) is 3. The molecule has 1 unspecified atom stereocenters. The summed E-state index contributed by atoms with van der Waals surface area (Å²) in [6.45, 7) is 2.06. The van der Waals surface area contributed by atoms with Crippen LogP contribution in [0.25, 0.3) is 5.69 Å². The van der Waals surface area contributed by atoms with Gasteiger partial charge in [-0.25, -0.2) is 9.67 Å². The second-order valence-corrected chi connectivity index (χ2v) is 6.29. The van der Waals surface area contributed by atoms with Gasteiger partial charge in [-0.3, -0.25) is 4.79 Å². The van der Waals surface area contributed by atoms with E-state index in [0.29, 0.717) is 5.56 Å². The van der Waals surface area contributed by atoms with Gasteiger partial charge in [-0.2, -0.15) is 5.10 Å². The molecule has 24 heavy (non-hydrogen) atoms. The van der Waals surface area contributed by atoms with Gasteiger partial charge >= 0.3 is 0 Å². The minimum absolute atomic E-state index is 0.0133. The van der Waals surface area contributed by atoms with Crippen LogP contribution < -0.4 is 5.32 Å². The lowest BCUT2D eigenvalue weighted by molar-refractivity contribution is 0.0935. The summed E-state index contributed by atoms with van der Waals surface area (Å²) < 4.78 is 2.68. The molecule has 0 aliphatic rings. The number of halogens is 1. The van der Waals surface area contributed by atoms with Gasteiger partial charge in [0.15, 0.2) is 0 Å². The summed E-state index contributed by atoms with van der Waals surface area (Å²) in [6.07, 6.45) is 3.92. The maximum atomic E-state index is 12.5. The van der Waals surface area contributed by atoms with Crippen LogP contribution >= 0.6 is 15.9 Å². The van der Waals surface area contributed by atoms with Crippen molar-refractivity contribution in [1.82, 2.24) is 20.1 Å². The van der Waals surface area contributed by atoms with Gasteiger partial charge < -0.3 is 5.32 Å². The van der Waals surface area contributed by atoms with E-state index >= 15 is 0 Å². The molecule has 0 saturated carbocycles. The summed E-state index contributed by atoms with van der Waals surface area (Å²) in [5.41, 5.74) is 2.58. The molecule has 6 heteroatoms. The van der Waals surface area contributed by atoms with E-state index in [4.69, 9.17) is 0 Å². The maximum Gasteiger partial charge on any atom is 0.251 e. The zero-order chi connectivity index (χ0) is 16.9. The molecule has 1 amide bonds. The van der Waals surface area contributed by atoms with Crippen molar-refractivity contribution >= 4 is 21.8 Å². The molecule has 0 radical (unpaired) electrons. The average Bonchev–Trinajstić information content (AvgIpc) is 3.15. The highest BCUT2D eigenvalue weighted by Gasteiger charge is 2.14. The number of amides is 1. The summed E-state index contributed by atoms with van der Waals surface area (Å²) in [6, 6.07) is 15.3. The highest BCUT2D eigenvalue weighted by atomic mass is 79.9. The van der Waals surface area contributed by atoms with Crippen LogP contribution in [-0.4, -0.2) is 20.7 Å². The summed E-state index contributed by atoms with van der Waals surface area (Å²) in [7, 11) is 0. The summed E-state index contributed by atoms with van der Waals surface area (Å²) >= 11 is 3.43. The molecule has 5 nitrogen and oxygen atoms in total. The SMILES string of the molecule is CCC(NC(=O)c1ccc(-n2cncn2)cc1)c1ccc(Br)cc1. The van der Waals surface area contributed by atoms with E-state index in [0.717, 1.165) is 22.1 Å². The lowest BCUT2D eigenvalue weighted by Crippen LogP contribution is -2.28. The van der Waals surface area contributed by atoms with Crippen molar-refractivity contribution in [3.8, 4) is 5.69 Å². The van der Waals surface area contributed by atoms with E-state index in [-0.39, 0.29) is 11.9 Å². The first-order valence-electron chi connectivity index (χ1n) is 7.68. The van der Waals surface area contributed by atoms with E-state index in [2.05, 4.69) is 38.3 Å². The Hall–Kier alpha value is -2.47. The fourth-order valence-electron chi connectivity index (χ4n) is 2.46. The van der Waals surface area contributed by atoms with Gasteiger partial charge in [-0.15, -0.1) is 0 Å². The van der Waals surface area contributed by atoms with Crippen molar-refractivity contribution in [2.45, 2.75) is 19.4 Å². The highest BCUT2D eigenvalue weighted by Crippen LogP contribution is 2.20. The first-order valence-corrected chi connectivity index (χ1v) is 8.48. The topological polar surface area (TPSA) is 59.8 Å². The van der Waals surface area contributed by atoms with Gasteiger partial charge in [-0.1, -0.05) is 35.0 Å². The lowest BCUT2D eigenvalue weighted by Gasteiger charge is -2.17. The van der Waals surface area contributed by atoms with Gasteiger partial charge in [0.05, 0.1) is 11.7 Å². The quantitative estimate of drug-likeness (QED) is 0.725. The molecule has 0 aliphatic carbocycles. The van der Waals surface area contributed by atoms with Gasteiger partial charge in [0.1, 0.15) is 12.7 Å². The van der Waals surface area contributed by atoms with E-state index < -0.39 is 0 Å². The van der Waals surface area contributed by atoms with E-state index in [1.165, 1.54) is 6.33 Å². The molecular formula is C18H17BrN4O. The highest BCUT2D eigenvalue weighted by molar-refractivity contribution is 9.10. The van der Waals surface area contributed by atoms with Crippen molar-refractivity contribution in [1.29, 1.82) is 0 Å². The summed E-state index contributed by atoms with van der Waals surface area (Å²) in [5.74, 6) is -0.0880. The zero-order valence-corrected chi connectivity index (χ0v) is 14.8. The fourth-order valence-corrected chi connectivity index (χ4v) is 2.73. The second kappa shape index (κ2) is 7.40. The van der Waals surface area contributed by atoms with E-state index in [1.54, 1.807) is 23.1 Å². The molecule has 122 valence electrons. The van der Waals surface area contributed by atoms with Crippen molar-refractivity contribution < 1.29 is 4.79 Å². The third-order valence-electron chi connectivity index (χ3n) is 3.80. The standard InChI is InChI=1S/C18H17BrN4O/c1-2-17(13-3-7-15(19)8-4-13)22-18(24)14-5-9-16(10-6-14)23-12-20-11-21-23/h3-12,17H,2H2,1H3,(H,22,24). The Morgan fingerprint density at radius 2 is 1.88 bits per heavy atom. The van der Waals surface area contributed by atoms with Crippen LogP contribution in [0, 0.1) is 0 Å². The van der Waals surface area contributed by atoms with Crippen LogP contribution in [-0.2, 0) is 0 Å². The Kier molecular flexibility index (Phi) is 5.05. The smallest absolute Gasteiger partial charge is 0.251 e. The average molecular weight is 385 g/mol. The van der Waals surface area contributed by atoms with Gasteiger partial charge in [0.2, 0.25) is 0 Å². The molecule has 1 atom stereocenters.